The van der Waals surface area contributed by atoms with Gasteiger partial charge < -0.3 is 9.64 Å². The van der Waals surface area contributed by atoms with Gasteiger partial charge in [0.15, 0.2) is 0 Å². The number of hydrogen-bond donors (Lipinski definition) is 2. The Bertz CT molecular complexity index is 796. The maximum atomic E-state index is 12.2. The molecule has 0 aliphatic carbocycles. The van der Waals surface area contributed by atoms with Gasteiger partial charge >= 0.3 is 0 Å². The first-order valence-corrected chi connectivity index (χ1v) is 9.58. The second-order valence-electron chi connectivity index (χ2n) is 7.02. The number of hydrogen-bond acceptors (Lipinski definition) is 3. The monoisotopic (exact) mass is 366 g/mol. The smallest absolute Gasteiger partial charge is 0.271 e. The van der Waals surface area contributed by atoms with E-state index >= 15 is 0 Å². The third-order valence-electron chi connectivity index (χ3n) is 5.06. The molecule has 27 heavy (non-hydrogen) atoms. The zero-order valence-corrected chi connectivity index (χ0v) is 16.1. The van der Waals surface area contributed by atoms with Crippen molar-refractivity contribution in [1.29, 1.82) is 0 Å². The van der Waals surface area contributed by atoms with Crippen LogP contribution in [0.1, 0.15) is 47.7 Å². The average Bonchev–Trinajstić information content (AvgIpc) is 2.73. The van der Waals surface area contributed by atoms with E-state index in [1.807, 2.05) is 37.3 Å². The molecule has 0 unspecified atom stereocenters. The summed E-state index contributed by atoms with van der Waals surface area (Å²) in [7, 11) is 1.71. The summed E-state index contributed by atoms with van der Waals surface area (Å²) in [5.41, 5.74) is 6.20. The van der Waals surface area contributed by atoms with Crippen LogP contribution in [0.2, 0.25) is 0 Å². The minimum absolute atomic E-state index is 0.207. The maximum Gasteiger partial charge on any atom is 0.271 e. The SMILES string of the molecule is COc1ccc(/C(C)=N\NC(=O)c2ccccc2)cc1C[NH+]1CCCCC1. The van der Waals surface area contributed by atoms with Crippen LogP contribution in [0.4, 0.5) is 0 Å². The van der Waals surface area contributed by atoms with Crippen LogP contribution in [-0.4, -0.2) is 31.8 Å². The molecule has 0 saturated carbocycles. The molecule has 1 heterocycles. The molecule has 2 aromatic rings. The molecule has 142 valence electrons. The third-order valence-corrected chi connectivity index (χ3v) is 5.06. The summed E-state index contributed by atoms with van der Waals surface area (Å²) >= 11 is 0. The van der Waals surface area contributed by atoms with E-state index in [1.165, 1.54) is 37.9 Å². The van der Waals surface area contributed by atoms with Crippen molar-refractivity contribution in [2.24, 2.45) is 5.10 Å². The first-order chi connectivity index (χ1) is 13.2. The highest BCUT2D eigenvalue weighted by Gasteiger charge is 2.17. The molecule has 0 radical (unpaired) electrons. The summed E-state index contributed by atoms with van der Waals surface area (Å²) in [5.74, 6) is 0.708. The Hall–Kier alpha value is -2.66. The Morgan fingerprint density at radius 3 is 2.52 bits per heavy atom. The summed E-state index contributed by atoms with van der Waals surface area (Å²) in [6.45, 7) is 5.30. The summed E-state index contributed by atoms with van der Waals surface area (Å²) in [6.07, 6.45) is 3.93. The Morgan fingerprint density at radius 1 is 1.07 bits per heavy atom. The van der Waals surface area contributed by atoms with Crippen LogP contribution in [0, 0.1) is 0 Å². The molecular formula is C22H28N3O2+. The number of carbonyl (C=O) groups is 1. The number of nitrogens with one attached hydrogen (secondary N) is 2. The second-order valence-corrected chi connectivity index (χ2v) is 7.02. The van der Waals surface area contributed by atoms with Crippen molar-refractivity contribution in [3.05, 3.63) is 65.2 Å². The molecular weight excluding hydrogens is 338 g/mol. The van der Waals surface area contributed by atoms with Crippen molar-refractivity contribution in [2.75, 3.05) is 20.2 Å². The zero-order chi connectivity index (χ0) is 19.1. The largest absolute Gasteiger partial charge is 0.496 e. The van der Waals surface area contributed by atoms with E-state index in [-0.39, 0.29) is 5.91 Å². The molecule has 1 amide bonds. The summed E-state index contributed by atoms with van der Waals surface area (Å²) < 4.78 is 5.55. The van der Waals surface area contributed by atoms with Gasteiger partial charge in [-0.1, -0.05) is 18.2 Å². The predicted octanol–water partition coefficient (Wildman–Crippen LogP) is 2.42. The molecule has 1 fully saturated rings. The van der Waals surface area contributed by atoms with Gasteiger partial charge in [0.2, 0.25) is 0 Å². The molecule has 0 aromatic heterocycles. The number of benzene rings is 2. The van der Waals surface area contributed by atoms with Crippen LogP contribution in [0.5, 0.6) is 5.75 Å². The number of methoxy groups -OCH3 is 1. The number of carbonyl (C=O) groups excluding carboxylic acids is 1. The Balaban J connectivity index is 1.72. The summed E-state index contributed by atoms with van der Waals surface area (Å²) in [5, 5.41) is 4.28. The average molecular weight is 366 g/mol. The molecule has 2 N–H and O–H groups in total. The van der Waals surface area contributed by atoms with Crippen LogP contribution in [0.25, 0.3) is 0 Å². The van der Waals surface area contributed by atoms with E-state index in [1.54, 1.807) is 24.1 Å². The van der Waals surface area contributed by atoms with E-state index in [4.69, 9.17) is 4.74 Å². The van der Waals surface area contributed by atoms with Crippen molar-refractivity contribution in [2.45, 2.75) is 32.7 Å². The van der Waals surface area contributed by atoms with Crippen LogP contribution in [0.15, 0.2) is 53.6 Å². The molecule has 0 atom stereocenters. The van der Waals surface area contributed by atoms with E-state index in [0.29, 0.717) is 5.56 Å². The van der Waals surface area contributed by atoms with Gasteiger partial charge in [0.25, 0.3) is 5.91 Å². The van der Waals surface area contributed by atoms with Gasteiger partial charge in [0.1, 0.15) is 12.3 Å². The molecule has 0 spiro atoms. The Kier molecular flexibility index (Phi) is 6.60. The van der Waals surface area contributed by atoms with Crippen LogP contribution in [-0.2, 0) is 6.54 Å². The molecule has 1 aliphatic heterocycles. The number of quaternary nitrogens is 1. The lowest BCUT2D eigenvalue weighted by Gasteiger charge is -2.24. The molecule has 2 aromatic carbocycles. The van der Waals surface area contributed by atoms with Gasteiger partial charge in [-0.25, -0.2) is 5.43 Å². The molecule has 5 nitrogen and oxygen atoms in total. The van der Waals surface area contributed by atoms with Gasteiger partial charge in [-0.3, -0.25) is 4.79 Å². The second kappa shape index (κ2) is 9.33. The van der Waals surface area contributed by atoms with E-state index in [9.17, 15) is 4.79 Å². The topological polar surface area (TPSA) is 55.1 Å². The lowest BCUT2D eigenvalue weighted by molar-refractivity contribution is -0.918. The molecule has 0 bridgehead atoms. The number of ether oxygens (including phenoxy) is 1. The highest BCUT2D eigenvalue weighted by Crippen LogP contribution is 2.20. The third kappa shape index (κ3) is 5.17. The minimum atomic E-state index is -0.207. The normalized spacial score (nSPS) is 15.4. The van der Waals surface area contributed by atoms with E-state index < -0.39 is 0 Å². The van der Waals surface area contributed by atoms with Crippen LogP contribution >= 0.6 is 0 Å². The fraction of sp³-hybridized carbons (Fsp3) is 0.364. The molecule has 1 aliphatic rings. The maximum absolute atomic E-state index is 12.2. The van der Waals surface area contributed by atoms with Crippen LogP contribution < -0.4 is 15.1 Å². The lowest BCUT2D eigenvalue weighted by Crippen LogP contribution is -3.11. The Labute approximate surface area is 161 Å². The fourth-order valence-corrected chi connectivity index (χ4v) is 3.49. The van der Waals surface area contributed by atoms with Crippen molar-refractivity contribution >= 4 is 11.6 Å². The number of nitrogens with zero attached hydrogens (tertiary/aromatic N) is 1. The zero-order valence-electron chi connectivity index (χ0n) is 16.1. The van der Waals surface area contributed by atoms with Gasteiger partial charge in [-0.2, -0.15) is 5.10 Å². The predicted molar refractivity (Wildman–Crippen MR) is 107 cm³/mol. The van der Waals surface area contributed by atoms with Crippen molar-refractivity contribution in [1.82, 2.24) is 5.43 Å². The van der Waals surface area contributed by atoms with Gasteiger partial charge in [-0.15, -0.1) is 0 Å². The fourth-order valence-electron chi connectivity index (χ4n) is 3.49. The number of piperidine rings is 1. The number of rotatable bonds is 6. The molecule has 1 saturated heterocycles. The highest BCUT2D eigenvalue weighted by molar-refractivity contribution is 6.01. The highest BCUT2D eigenvalue weighted by atomic mass is 16.5. The first-order valence-electron chi connectivity index (χ1n) is 9.58. The lowest BCUT2D eigenvalue weighted by atomic mass is 10.0. The van der Waals surface area contributed by atoms with Crippen molar-refractivity contribution in [3.63, 3.8) is 0 Å². The van der Waals surface area contributed by atoms with E-state index in [0.717, 1.165) is 23.6 Å². The summed E-state index contributed by atoms with van der Waals surface area (Å²) in [6, 6.07) is 15.2. The number of likely N-dealkylation sites (tertiary alicyclic amines) is 1. The standard InChI is InChI=1S/C22H27N3O2/c1-17(23-24-22(26)18-9-5-3-6-10-18)19-11-12-21(27-2)20(15-19)16-25-13-7-4-8-14-25/h3,5-6,9-12,15H,4,7-8,13-14,16H2,1-2H3,(H,24,26)/p+1/b23-17-. The molecule has 5 heteroatoms. The Morgan fingerprint density at radius 2 is 1.81 bits per heavy atom. The summed E-state index contributed by atoms with van der Waals surface area (Å²) in [4.78, 5) is 13.8. The van der Waals surface area contributed by atoms with Gasteiger partial charge in [-0.05, 0) is 62.1 Å². The van der Waals surface area contributed by atoms with Crippen molar-refractivity contribution in [3.8, 4) is 5.75 Å². The molecule has 3 rings (SSSR count). The number of amides is 1. The van der Waals surface area contributed by atoms with Crippen molar-refractivity contribution < 1.29 is 14.4 Å². The van der Waals surface area contributed by atoms with E-state index in [2.05, 4.69) is 16.6 Å². The van der Waals surface area contributed by atoms with Gasteiger partial charge in [0.05, 0.1) is 25.9 Å². The minimum Gasteiger partial charge on any atom is -0.496 e. The first kappa shape index (κ1) is 19.1. The quantitative estimate of drug-likeness (QED) is 0.609. The number of hydrazone groups is 1. The van der Waals surface area contributed by atoms with Gasteiger partial charge in [0, 0.05) is 11.1 Å². The van der Waals surface area contributed by atoms with Crippen LogP contribution in [0.3, 0.4) is 0 Å².